The number of halogens is 1. The van der Waals surface area contributed by atoms with E-state index in [1.165, 1.54) is 18.2 Å². The maximum atomic E-state index is 13.0. The summed E-state index contributed by atoms with van der Waals surface area (Å²) in [6.07, 6.45) is 3.09. The van der Waals surface area contributed by atoms with Gasteiger partial charge in [-0.3, -0.25) is 0 Å². The lowest BCUT2D eigenvalue weighted by Crippen LogP contribution is -2.01. The normalized spacial score (nSPS) is 10.6. The van der Waals surface area contributed by atoms with Crippen molar-refractivity contribution in [2.24, 2.45) is 0 Å². The second-order valence-electron chi connectivity index (χ2n) is 3.28. The molecule has 3 nitrogen and oxygen atoms in total. The van der Waals surface area contributed by atoms with Gasteiger partial charge in [0.1, 0.15) is 5.82 Å². The number of carbonyl (C=O) groups is 1. The number of benzene rings is 1. The van der Waals surface area contributed by atoms with Crippen molar-refractivity contribution in [2.45, 2.75) is 13.3 Å². The highest BCUT2D eigenvalue weighted by Crippen LogP contribution is 2.17. The lowest BCUT2D eigenvalue weighted by atomic mass is 10.1. The highest BCUT2D eigenvalue weighted by atomic mass is 19.1. The van der Waals surface area contributed by atoms with Crippen LogP contribution in [-0.2, 0) is 11.2 Å². The monoisotopic (exact) mass is 223 g/mol. The van der Waals surface area contributed by atoms with Crippen molar-refractivity contribution < 1.29 is 14.3 Å². The van der Waals surface area contributed by atoms with Gasteiger partial charge in [-0.1, -0.05) is 12.1 Å². The zero-order valence-corrected chi connectivity index (χ0v) is 9.03. The fourth-order valence-electron chi connectivity index (χ4n) is 1.37. The van der Waals surface area contributed by atoms with Gasteiger partial charge in [-0.25, -0.2) is 9.18 Å². The number of carboxylic acid groups (broad SMARTS) is 1. The first-order chi connectivity index (χ1) is 7.63. The van der Waals surface area contributed by atoms with E-state index in [1.807, 2.05) is 6.92 Å². The predicted octanol–water partition coefficient (Wildman–Crippen LogP) is 2.44. The van der Waals surface area contributed by atoms with Gasteiger partial charge in [0.15, 0.2) is 0 Å². The van der Waals surface area contributed by atoms with E-state index in [0.717, 1.165) is 11.6 Å². The highest BCUT2D eigenvalue weighted by molar-refractivity contribution is 5.79. The first-order valence-corrected chi connectivity index (χ1v) is 5.05. The molecule has 0 aromatic heterocycles. The van der Waals surface area contributed by atoms with Crippen LogP contribution < -0.4 is 5.32 Å². The van der Waals surface area contributed by atoms with Crippen molar-refractivity contribution in [3.05, 3.63) is 41.7 Å². The van der Waals surface area contributed by atoms with Gasteiger partial charge in [-0.2, -0.15) is 0 Å². The van der Waals surface area contributed by atoms with E-state index in [4.69, 9.17) is 5.11 Å². The van der Waals surface area contributed by atoms with Gasteiger partial charge < -0.3 is 10.4 Å². The highest BCUT2D eigenvalue weighted by Gasteiger charge is 2.01. The van der Waals surface area contributed by atoms with E-state index >= 15 is 0 Å². The Kier molecular flexibility index (Phi) is 4.51. The van der Waals surface area contributed by atoms with Crippen LogP contribution in [0.1, 0.15) is 12.5 Å². The van der Waals surface area contributed by atoms with Crippen molar-refractivity contribution in [1.82, 2.24) is 0 Å². The molecule has 86 valence electrons. The molecule has 0 amide bonds. The van der Waals surface area contributed by atoms with E-state index < -0.39 is 5.97 Å². The predicted molar refractivity (Wildman–Crippen MR) is 61.0 cm³/mol. The van der Waals surface area contributed by atoms with Gasteiger partial charge >= 0.3 is 5.97 Å². The summed E-state index contributed by atoms with van der Waals surface area (Å²) >= 11 is 0. The first-order valence-electron chi connectivity index (χ1n) is 5.05. The lowest BCUT2D eigenvalue weighted by molar-refractivity contribution is -0.131. The number of carboxylic acids is 1. The zero-order valence-electron chi connectivity index (χ0n) is 9.03. The molecule has 1 rings (SSSR count). The lowest BCUT2D eigenvalue weighted by Gasteiger charge is -2.08. The van der Waals surface area contributed by atoms with Crippen LogP contribution in [0.3, 0.4) is 0 Å². The number of rotatable bonds is 5. The van der Waals surface area contributed by atoms with Gasteiger partial charge in [0, 0.05) is 18.3 Å². The van der Waals surface area contributed by atoms with Crippen molar-refractivity contribution in [3.8, 4) is 0 Å². The Labute approximate surface area is 93.6 Å². The minimum atomic E-state index is -0.980. The smallest absolute Gasteiger partial charge is 0.327 e. The van der Waals surface area contributed by atoms with Crippen molar-refractivity contribution in [3.63, 3.8) is 0 Å². The maximum absolute atomic E-state index is 13.0. The molecule has 0 aliphatic rings. The Morgan fingerprint density at radius 2 is 2.31 bits per heavy atom. The molecule has 0 aliphatic heterocycles. The molecule has 0 saturated heterocycles. The number of hydrogen-bond donors (Lipinski definition) is 2. The Balaban J connectivity index is 2.81. The third kappa shape index (κ3) is 3.73. The second kappa shape index (κ2) is 5.90. The van der Waals surface area contributed by atoms with Crippen LogP contribution in [0.2, 0.25) is 0 Å². The molecule has 0 saturated carbocycles. The van der Waals surface area contributed by atoms with E-state index in [2.05, 4.69) is 5.32 Å². The standard InChI is InChI=1S/C12H14FNO2/c1-2-14-11-8-10(13)7-6-9(11)4-3-5-12(15)16/h3,5-8,14H,2,4H2,1H3,(H,15,16). The third-order valence-corrected chi connectivity index (χ3v) is 2.04. The van der Waals surface area contributed by atoms with Crippen LogP contribution in [0.15, 0.2) is 30.4 Å². The van der Waals surface area contributed by atoms with Crippen molar-refractivity contribution in [2.75, 3.05) is 11.9 Å². The van der Waals surface area contributed by atoms with E-state index in [9.17, 15) is 9.18 Å². The third-order valence-electron chi connectivity index (χ3n) is 2.04. The minimum absolute atomic E-state index is 0.304. The minimum Gasteiger partial charge on any atom is -0.478 e. The fraction of sp³-hybridized carbons (Fsp3) is 0.250. The SMILES string of the molecule is CCNc1cc(F)ccc1CC=CC(=O)O. The quantitative estimate of drug-likeness (QED) is 0.754. The van der Waals surface area contributed by atoms with Crippen molar-refractivity contribution >= 4 is 11.7 Å². The number of hydrogen-bond acceptors (Lipinski definition) is 2. The molecule has 0 bridgehead atoms. The number of anilines is 1. The average Bonchev–Trinajstić information content (AvgIpc) is 2.21. The van der Waals surface area contributed by atoms with E-state index in [0.29, 0.717) is 18.7 Å². The molecule has 0 aliphatic carbocycles. The fourth-order valence-corrected chi connectivity index (χ4v) is 1.37. The molecule has 0 unspecified atom stereocenters. The van der Waals surface area contributed by atoms with E-state index in [1.54, 1.807) is 6.07 Å². The summed E-state index contributed by atoms with van der Waals surface area (Å²) in [4.78, 5) is 10.3. The first kappa shape index (κ1) is 12.2. The van der Waals surface area contributed by atoms with Crippen molar-refractivity contribution in [1.29, 1.82) is 0 Å². The van der Waals surface area contributed by atoms with Crippen LogP contribution in [0.25, 0.3) is 0 Å². The van der Waals surface area contributed by atoms with Gasteiger partial charge in [0.05, 0.1) is 0 Å². The van der Waals surface area contributed by atoms with E-state index in [-0.39, 0.29) is 5.82 Å². The molecule has 0 atom stereocenters. The molecule has 1 aromatic carbocycles. The number of nitrogens with one attached hydrogen (secondary N) is 1. The molecule has 4 heteroatoms. The summed E-state index contributed by atoms with van der Waals surface area (Å²) in [6, 6.07) is 4.43. The van der Waals surface area contributed by atoms with Gasteiger partial charge in [-0.05, 0) is 31.0 Å². The molecule has 1 aromatic rings. The van der Waals surface area contributed by atoms with Crippen LogP contribution in [-0.4, -0.2) is 17.6 Å². The molecule has 2 N–H and O–H groups in total. The summed E-state index contributed by atoms with van der Waals surface area (Å²) in [5.74, 6) is -1.28. The average molecular weight is 223 g/mol. The maximum Gasteiger partial charge on any atom is 0.327 e. The summed E-state index contributed by atoms with van der Waals surface area (Å²) < 4.78 is 13.0. The molecule has 0 radical (unpaired) electrons. The largest absolute Gasteiger partial charge is 0.478 e. The summed E-state index contributed by atoms with van der Waals surface area (Å²) in [5, 5.41) is 11.5. The molecule has 0 spiro atoms. The van der Waals surface area contributed by atoms with Crippen LogP contribution in [0, 0.1) is 5.82 Å². The Hall–Kier alpha value is -1.84. The topological polar surface area (TPSA) is 49.3 Å². The second-order valence-corrected chi connectivity index (χ2v) is 3.28. The van der Waals surface area contributed by atoms with Crippen LogP contribution in [0.5, 0.6) is 0 Å². The molecule has 0 heterocycles. The Bertz CT molecular complexity index is 402. The molecule has 16 heavy (non-hydrogen) atoms. The van der Waals surface area contributed by atoms with Crippen LogP contribution in [0.4, 0.5) is 10.1 Å². The molecular formula is C12H14FNO2. The van der Waals surface area contributed by atoms with Gasteiger partial charge in [-0.15, -0.1) is 0 Å². The Morgan fingerprint density at radius 1 is 1.56 bits per heavy atom. The zero-order chi connectivity index (χ0) is 12.0. The molecular weight excluding hydrogens is 209 g/mol. The van der Waals surface area contributed by atoms with Gasteiger partial charge in [0.2, 0.25) is 0 Å². The Morgan fingerprint density at radius 3 is 2.94 bits per heavy atom. The number of aliphatic carboxylic acids is 1. The molecule has 0 fully saturated rings. The van der Waals surface area contributed by atoms with Crippen LogP contribution >= 0.6 is 0 Å². The number of allylic oxidation sites excluding steroid dienone is 1. The summed E-state index contributed by atoms with van der Waals surface area (Å²) in [5.41, 5.74) is 1.58. The van der Waals surface area contributed by atoms with Gasteiger partial charge in [0.25, 0.3) is 0 Å². The summed E-state index contributed by atoms with van der Waals surface area (Å²) in [6.45, 7) is 2.61. The summed E-state index contributed by atoms with van der Waals surface area (Å²) in [7, 11) is 0.